The van der Waals surface area contributed by atoms with Gasteiger partial charge in [0, 0.05) is 15.7 Å². The van der Waals surface area contributed by atoms with E-state index in [1.54, 1.807) is 30.1 Å². The van der Waals surface area contributed by atoms with Crippen LogP contribution in [0.25, 0.3) is 16.9 Å². The molecule has 0 N–H and O–H groups in total. The number of rotatable bonds is 5. The topological polar surface area (TPSA) is 27.1 Å². The molecule has 136 valence electrons. The SMILES string of the molecule is CCSc1ncc(-c2ccc(Br)cc2)n1-c1ccc(OC(F)(F)F)cc1. The molecule has 1 heterocycles. The van der Waals surface area contributed by atoms with Crippen molar-refractivity contribution in [1.29, 1.82) is 0 Å². The van der Waals surface area contributed by atoms with Crippen molar-refractivity contribution in [3.05, 3.63) is 59.2 Å². The Kier molecular flexibility index (Phi) is 5.62. The van der Waals surface area contributed by atoms with Gasteiger partial charge in [-0.15, -0.1) is 13.2 Å². The standard InChI is InChI=1S/C18H14BrF3N2OS/c1-2-26-17-23-11-16(12-3-5-13(19)6-4-12)24(17)14-7-9-15(10-8-14)25-18(20,21)22/h3-11H,2H2,1H3. The predicted molar refractivity (Wildman–Crippen MR) is 99.8 cm³/mol. The Bertz CT molecular complexity index is 877. The van der Waals surface area contributed by atoms with Gasteiger partial charge in [0.15, 0.2) is 5.16 Å². The lowest BCUT2D eigenvalue weighted by atomic mass is 10.1. The third-order valence-electron chi connectivity index (χ3n) is 3.47. The number of aromatic nitrogens is 2. The van der Waals surface area contributed by atoms with Crippen molar-refractivity contribution in [2.75, 3.05) is 5.75 Å². The van der Waals surface area contributed by atoms with Crippen molar-refractivity contribution in [1.82, 2.24) is 9.55 Å². The van der Waals surface area contributed by atoms with Crippen LogP contribution in [0.4, 0.5) is 13.2 Å². The molecule has 0 radical (unpaired) electrons. The lowest BCUT2D eigenvalue weighted by Crippen LogP contribution is -2.17. The number of nitrogens with zero attached hydrogens (tertiary/aromatic N) is 2. The van der Waals surface area contributed by atoms with Crippen molar-refractivity contribution < 1.29 is 17.9 Å². The Hall–Kier alpha value is -1.93. The van der Waals surface area contributed by atoms with E-state index < -0.39 is 6.36 Å². The van der Waals surface area contributed by atoms with E-state index in [1.807, 2.05) is 35.8 Å². The number of halogens is 4. The molecule has 0 unspecified atom stereocenters. The van der Waals surface area contributed by atoms with Gasteiger partial charge in [-0.2, -0.15) is 0 Å². The summed E-state index contributed by atoms with van der Waals surface area (Å²) in [6.07, 6.45) is -2.94. The number of ether oxygens (including phenoxy) is 1. The quantitative estimate of drug-likeness (QED) is 0.433. The highest BCUT2D eigenvalue weighted by Gasteiger charge is 2.31. The van der Waals surface area contributed by atoms with Crippen LogP contribution >= 0.6 is 27.7 Å². The molecule has 0 aliphatic heterocycles. The van der Waals surface area contributed by atoms with Crippen LogP contribution in [0.2, 0.25) is 0 Å². The third-order valence-corrected chi connectivity index (χ3v) is 4.83. The maximum absolute atomic E-state index is 12.4. The van der Waals surface area contributed by atoms with E-state index in [0.717, 1.165) is 26.6 Å². The molecule has 3 aromatic rings. The summed E-state index contributed by atoms with van der Waals surface area (Å²) in [5, 5.41) is 0.773. The first-order valence-corrected chi connectivity index (χ1v) is 9.48. The molecule has 0 spiro atoms. The second kappa shape index (κ2) is 7.75. The van der Waals surface area contributed by atoms with Crippen LogP contribution in [0.3, 0.4) is 0 Å². The highest BCUT2D eigenvalue weighted by Crippen LogP contribution is 2.32. The summed E-state index contributed by atoms with van der Waals surface area (Å²) in [6.45, 7) is 2.02. The first-order valence-electron chi connectivity index (χ1n) is 7.70. The van der Waals surface area contributed by atoms with Crippen LogP contribution in [0, 0.1) is 0 Å². The first kappa shape index (κ1) is 18.8. The van der Waals surface area contributed by atoms with E-state index >= 15 is 0 Å². The van der Waals surface area contributed by atoms with Crippen LogP contribution < -0.4 is 4.74 Å². The molecule has 0 fully saturated rings. The van der Waals surface area contributed by atoms with Gasteiger partial charge in [-0.3, -0.25) is 4.57 Å². The van der Waals surface area contributed by atoms with Gasteiger partial charge in [0.2, 0.25) is 0 Å². The molecule has 3 nitrogen and oxygen atoms in total. The summed E-state index contributed by atoms with van der Waals surface area (Å²) in [7, 11) is 0. The Morgan fingerprint density at radius 3 is 2.31 bits per heavy atom. The molecule has 26 heavy (non-hydrogen) atoms. The molecule has 0 saturated heterocycles. The van der Waals surface area contributed by atoms with Crippen molar-refractivity contribution in [2.24, 2.45) is 0 Å². The predicted octanol–water partition coefficient (Wildman–Crippen LogP) is 6.31. The maximum atomic E-state index is 12.4. The van der Waals surface area contributed by atoms with Crippen LogP contribution in [-0.4, -0.2) is 21.7 Å². The number of alkyl halides is 3. The number of hydrogen-bond acceptors (Lipinski definition) is 3. The molecule has 1 aromatic heterocycles. The zero-order chi connectivity index (χ0) is 18.7. The molecule has 0 aliphatic rings. The zero-order valence-electron chi connectivity index (χ0n) is 13.6. The summed E-state index contributed by atoms with van der Waals surface area (Å²) in [5.41, 5.74) is 2.53. The van der Waals surface area contributed by atoms with Crippen molar-refractivity contribution >= 4 is 27.7 Å². The number of benzene rings is 2. The zero-order valence-corrected chi connectivity index (χ0v) is 16.0. The summed E-state index contributed by atoms with van der Waals surface area (Å²) in [6, 6.07) is 13.6. The van der Waals surface area contributed by atoms with Gasteiger partial charge in [-0.1, -0.05) is 46.7 Å². The molecule has 0 atom stereocenters. The Balaban J connectivity index is 2.02. The minimum Gasteiger partial charge on any atom is -0.406 e. The fraction of sp³-hybridized carbons (Fsp3) is 0.167. The van der Waals surface area contributed by atoms with Gasteiger partial charge in [0.1, 0.15) is 5.75 Å². The number of imidazole rings is 1. The highest BCUT2D eigenvalue weighted by molar-refractivity contribution is 9.10. The molecule has 0 aliphatic carbocycles. The smallest absolute Gasteiger partial charge is 0.406 e. The van der Waals surface area contributed by atoms with E-state index in [0.29, 0.717) is 5.69 Å². The third kappa shape index (κ3) is 4.42. The summed E-state index contributed by atoms with van der Waals surface area (Å²) >= 11 is 4.97. The van der Waals surface area contributed by atoms with Crippen molar-refractivity contribution in [3.63, 3.8) is 0 Å². The first-order chi connectivity index (χ1) is 12.4. The van der Waals surface area contributed by atoms with E-state index in [1.165, 1.54) is 12.1 Å². The average Bonchev–Trinajstić information content (AvgIpc) is 2.99. The van der Waals surface area contributed by atoms with Crippen molar-refractivity contribution in [3.8, 4) is 22.7 Å². The van der Waals surface area contributed by atoms with Gasteiger partial charge in [0.25, 0.3) is 0 Å². The summed E-state index contributed by atoms with van der Waals surface area (Å²) in [4.78, 5) is 4.47. The van der Waals surface area contributed by atoms with Crippen molar-refractivity contribution in [2.45, 2.75) is 18.4 Å². The molecule has 0 amide bonds. The summed E-state index contributed by atoms with van der Waals surface area (Å²) < 4.78 is 43.9. The largest absolute Gasteiger partial charge is 0.573 e. The molecule has 2 aromatic carbocycles. The van der Waals surface area contributed by atoms with E-state index in [9.17, 15) is 13.2 Å². The second-order valence-corrected chi connectivity index (χ2v) is 7.39. The minimum atomic E-state index is -4.71. The van der Waals surface area contributed by atoms with Gasteiger partial charge >= 0.3 is 6.36 Å². The monoisotopic (exact) mass is 442 g/mol. The molecule has 8 heteroatoms. The molecular weight excluding hydrogens is 429 g/mol. The molecular formula is C18H14BrF3N2OS. The highest BCUT2D eigenvalue weighted by atomic mass is 79.9. The molecule has 3 rings (SSSR count). The maximum Gasteiger partial charge on any atom is 0.573 e. The van der Waals surface area contributed by atoms with Crippen LogP contribution in [-0.2, 0) is 0 Å². The Morgan fingerprint density at radius 2 is 1.73 bits per heavy atom. The van der Waals surface area contributed by atoms with Crippen LogP contribution in [0.15, 0.2) is 64.4 Å². The summed E-state index contributed by atoms with van der Waals surface area (Å²) in [5.74, 6) is 0.572. The van der Waals surface area contributed by atoms with Gasteiger partial charge in [0.05, 0.1) is 11.9 Å². The fourth-order valence-corrected chi connectivity index (χ4v) is 3.42. The normalized spacial score (nSPS) is 11.6. The van der Waals surface area contributed by atoms with E-state index in [4.69, 9.17) is 0 Å². The lowest BCUT2D eigenvalue weighted by Gasteiger charge is -2.13. The van der Waals surface area contributed by atoms with E-state index in [-0.39, 0.29) is 5.75 Å². The Labute approximate surface area is 161 Å². The van der Waals surface area contributed by atoms with E-state index in [2.05, 4.69) is 25.7 Å². The molecule has 0 saturated carbocycles. The molecule has 0 bridgehead atoms. The van der Waals surface area contributed by atoms with Crippen LogP contribution in [0.5, 0.6) is 5.75 Å². The average molecular weight is 443 g/mol. The van der Waals surface area contributed by atoms with Gasteiger partial charge in [-0.05, 0) is 42.2 Å². The van der Waals surface area contributed by atoms with Crippen LogP contribution in [0.1, 0.15) is 6.92 Å². The second-order valence-electron chi connectivity index (χ2n) is 5.24. The number of hydrogen-bond donors (Lipinski definition) is 0. The minimum absolute atomic E-state index is 0.253. The van der Waals surface area contributed by atoms with Gasteiger partial charge in [-0.25, -0.2) is 4.98 Å². The number of thioether (sulfide) groups is 1. The Morgan fingerprint density at radius 1 is 1.08 bits per heavy atom. The fourth-order valence-electron chi connectivity index (χ4n) is 2.44. The van der Waals surface area contributed by atoms with Gasteiger partial charge < -0.3 is 4.74 Å². The lowest BCUT2D eigenvalue weighted by molar-refractivity contribution is -0.274.